The van der Waals surface area contributed by atoms with E-state index in [4.69, 9.17) is 16.3 Å². The topological polar surface area (TPSA) is 82.4 Å². The molecule has 0 bridgehead atoms. The van der Waals surface area contributed by atoms with Crippen molar-refractivity contribution in [2.24, 2.45) is 0 Å². The number of nitrogens with zero attached hydrogens (tertiary/aromatic N) is 2. The molecule has 0 spiro atoms. The zero-order valence-electron chi connectivity index (χ0n) is 17.4. The standard InChI is InChI=1S/C22H17ClF3N3O3S/c1-28-19(30)16(11-27)21-29(14-4-6-15(32-2)7-5-14)20(31)18(33-21)10-12-9-13(22(24,25)26)3-8-17(12)23/h3-9,18H,10H2,1-2H3,(H,28,30)/b21-16-. The highest BCUT2D eigenvalue weighted by Crippen LogP contribution is 2.43. The van der Waals surface area contributed by atoms with E-state index in [-0.39, 0.29) is 27.6 Å². The number of thioether (sulfide) groups is 1. The van der Waals surface area contributed by atoms with Crippen molar-refractivity contribution in [3.63, 3.8) is 0 Å². The van der Waals surface area contributed by atoms with Gasteiger partial charge in [-0.25, -0.2) is 0 Å². The minimum Gasteiger partial charge on any atom is -0.497 e. The number of ether oxygens (including phenoxy) is 1. The van der Waals surface area contributed by atoms with E-state index in [0.717, 1.165) is 30.0 Å². The van der Waals surface area contributed by atoms with E-state index in [0.29, 0.717) is 11.4 Å². The van der Waals surface area contributed by atoms with E-state index in [9.17, 15) is 28.0 Å². The van der Waals surface area contributed by atoms with Crippen molar-refractivity contribution in [3.05, 3.63) is 69.2 Å². The van der Waals surface area contributed by atoms with Crippen molar-refractivity contribution in [2.45, 2.75) is 17.8 Å². The molecule has 0 aliphatic carbocycles. The molecule has 2 aromatic carbocycles. The Kier molecular flexibility index (Phi) is 7.25. The fourth-order valence-corrected chi connectivity index (χ4v) is 4.68. The van der Waals surface area contributed by atoms with Crippen LogP contribution in [0.5, 0.6) is 5.75 Å². The quantitative estimate of drug-likeness (QED) is 0.486. The molecule has 0 radical (unpaired) electrons. The lowest BCUT2D eigenvalue weighted by Crippen LogP contribution is -2.31. The third kappa shape index (κ3) is 5.10. The molecule has 6 nitrogen and oxygen atoms in total. The fourth-order valence-electron chi connectivity index (χ4n) is 3.19. The number of hydrogen-bond acceptors (Lipinski definition) is 5. The average molecular weight is 496 g/mol. The van der Waals surface area contributed by atoms with Crippen molar-refractivity contribution in [2.75, 3.05) is 19.1 Å². The highest BCUT2D eigenvalue weighted by molar-refractivity contribution is 8.05. The summed E-state index contributed by atoms with van der Waals surface area (Å²) in [4.78, 5) is 26.8. The summed E-state index contributed by atoms with van der Waals surface area (Å²) >= 11 is 7.04. The van der Waals surface area contributed by atoms with Gasteiger partial charge in [0.1, 0.15) is 22.4 Å². The van der Waals surface area contributed by atoms with Gasteiger partial charge in [-0.3, -0.25) is 14.5 Å². The summed E-state index contributed by atoms with van der Waals surface area (Å²) < 4.78 is 44.6. The van der Waals surface area contributed by atoms with Crippen LogP contribution in [0.1, 0.15) is 11.1 Å². The van der Waals surface area contributed by atoms with Gasteiger partial charge in [-0.2, -0.15) is 18.4 Å². The second kappa shape index (κ2) is 9.77. The first-order valence-corrected chi connectivity index (χ1v) is 10.7. The summed E-state index contributed by atoms with van der Waals surface area (Å²) in [6.07, 6.45) is -4.70. The average Bonchev–Trinajstić information content (AvgIpc) is 3.10. The van der Waals surface area contributed by atoms with Crippen LogP contribution >= 0.6 is 23.4 Å². The van der Waals surface area contributed by atoms with Crippen LogP contribution in [-0.4, -0.2) is 31.2 Å². The summed E-state index contributed by atoms with van der Waals surface area (Å²) in [6, 6.07) is 11.1. The van der Waals surface area contributed by atoms with Gasteiger partial charge < -0.3 is 10.1 Å². The van der Waals surface area contributed by atoms with E-state index in [1.807, 2.05) is 6.07 Å². The SMILES string of the molecule is CNC(=O)/C(C#N)=C1\SC(Cc2cc(C(F)(F)F)ccc2Cl)C(=O)N1c1ccc(OC)cc1. The molecule has 33 heavy (non-hydrogen) atoms. The molecule has 2 aromatic rings. The number of anilines is 1. The van der Waals surface area contributed by atoms with Gasteiger partial charge in [-0.15, -0.1) is 0 Å². The normalized spacial score (nSPS) is 17.5. The number of alkyl halides is 3. The summed E-state index contributed by atoms with van der Waals surface area (Å²) in [5.74, 6) is -0.656. The lowest BCUT2D eigenvalue weighted by atomic mass is 10.0. The van der Waals surface area contributed by atoms with E-state index >= 15 is 0 Å². The second-order valence-corrected chi connectivity index (χ2v) is 8.46. The van der Waals surface area contributed by atoms with Gasteiger partial charge in [0.05, 0.1) is 17.9 Å². The minimum absolute atomic E-state index is 0.0802. The third-order valence-electron chi connectivity index (χ3n) is 4.84. The molecule has 11 heteroatoms. The van der Waals surface area contributed by atoms with Gasteiger partial charge in [0, 0.05) is 17.8 Å². The van der Waals surface area contributed by atoms with Crippen LogP contribution in [0, 0.1) is 11.3 Å². The number of carbonyl (C=O) groups is 2. The Bertz CT molecular complexity index is 1160. The lowest BCUT2D eigenvalue weighted by molar-refractivity contribution is -0.137. The van der Waals surface area contributed by atoms with Crippen LogP contribution in [-0.2, 0) is 22.2 Å². The number of nitrogens with one attached hydrogen (secondary N) is 1. The highest BCUT2D eigenvalue weighted by Gasteiger charge is 2.41. The zero-order chi connectivity index (χ0) is 24.3. The predicted octanol–water partition coefficient (Wildman–Crippen LogP) is 4.54. The molecule has 1 atom stereocenters. The number of benzene rings is 2. The van der Waals surface area contributed by atoms with Gasteiger partial charge in [0.15, 0.2) is 0 Å². The Labute approximate surface area is 197 Å². The molecule has 1 unspecified atom stereocenters. The van der Waals surface area contributed by atoms with E-state index in [1.165, 1.54) is 19.1 Å². The van der Waals surface area contributed by atoms with Crippen LogP contribution in [0.25, 0.3) is 0 Å². The van der Waals surface area contributed by atoms with Gasteiger partial charge >= 0.3 is 6.18 Å². The van der Waals surface area contributed by atoms with Crippen LogP contribution < -0.4 is 15.0 Å². The van der Waals surface area contributed by atoms with E-state index in [2.05, 4.69) is 5.32 Å². The highest BCUT2D eigenvalue weighted by atomic mass is 35.5. The molecule has 2 amide bonds. The minimum atomic E-state index is -4.57. The van der Waals surface area contributed by atoms with E-state index < -0.39 is 28.8 Å². The van der Waals surface area contributed by atoms with Crippen LogP contribution in [0.3, 0.4) is 0 Å². The molecular formula is C22H17ClF3N3O3S. The Hall–Kier alpha value is -3.16. The van der Waals surface area contributed by atoms with Gasteiger partial charge in [-0.1, -0.05) is 23.4 Å². The number of methoxy groups -OCH3 is 1. The Morgan fingerprint density at radius 3 is 2.48 bits per heavy atom. The predicted molar refractivity (Wildman–Crippen MR) is 119 cm³/mol. The zero-order valence-corrected chi connectivity index (χ0v) is 18.9. The van der Waals surface area contributed by atoms with Crippen molar-refractivity contribution < 1.29 is 27.5 Å². The first-order chi connectivity index (χ1) is 15.6. The molecule has 172 valence electrons. The van der Waals surface area contributed by atoms with Crippen molar-refractivity contribution in [1.82, 2.24) is 5.32 Å². The molecule has 0 aromatic heterocycles. The number of nitriles is 1. The monoisotopic (exact) mass is 495 g/mol. The molecule has 1 saturated heterocycles. The number of carbonyl (C=O) groups excluding carboxylic acids is 2. The summed E-state index contributed by atoms with van der Waals surface area (Å²) in [5.41, 5.74) is -0.670. The second-order valence-electron chi connectivity index (χ2n) is 6.86. The van der Waals surface area contributed by atoms with Crippen LogP contribution in [0.15, 0.2) is 53.1 Å². The van der Waals surface area contributed by atoms with Crippen molar-refractivity contribution in [3.8, 4) is 11.8 Å². The molecule has 1 fully saturated rings. The Morgan fingerprint density at radius 2 is 1.94 bits per heavy atom. The number of amides is 2. The van der Waals surface area contributed by atoms with Crippen molar-refractivity contribution in [1.29, 1.82) is 5.26 Å². The van der Waals surface area contributed by atoms with Gasteiger partial charge in [0.25, 0.3) is 5.91 Å². The molecular weight excluding hydrogens is 479 g/mol. The summed E-state index contributed by atoms with van der Waals surface area (Å²) in [6.45, 7) is 0. The first-order valence-electron chi connectivity index (χ1n) is 9.47. The van der Waals surface area contributed by atoms with E-state index in [1.54, 1.807) is 24.3 Å². The lowest BCUT2D eigenvalue weighted by Gasteiger charge is -2.19. The first kappa shape index (κ1) is 24.5. The summed E-state index contributed by atoms with van der Waals surface area (Å²) in [5, 5.41) is 11.2. The number of rotatable bonds is 5. The Balaban J connectivity index is 2.05. The fraction of sp³-hybridized carbons (Fsp3) is 0.227. The molecule has 1 aliphatic rings. The number of hydrogen-bond donors (Lipinski definition) is 1. The Morgan fingerprint density at radius 1 is 1.27 bits per heavy atom. The van der Waals surface area contributed by atoms with Gasteiger partial charge in [0.2, 0.25) is 5.91 Å². The molecule has 0 saturated carbocycles. The molecule has 1 aliphatic heterocycles. The van der Waals surface area contributed by atoms with Crippen LogP contribution in [0.4, 0.5) is 18.9 Å². The van der Waals surface area contributed by atoms with Gasteiger partial charge in [-0.05, 0) is 54.4 Å². The molecule has 3 rings (SSSR count). The number of likely N-dealkylation sites (N-methyl/N-ethyl adjacent to an activating group) is 1. The maximum absolute atomic E-state index is 13.3. The van der Waals surface area contributed by atoms with Crippen molar-refractivity contribution >= 4 is 40.9 Å². The number of halogens is 4. The smallest absolute Gasteiger partial charge is 0.416 e. The largest absolute Gasteiger partial charge is 0.497 e. The maximum atomic E-state index is 13.3. The summed E-state index contributed by atoms with van der Waals surface area (Å²) in [7, 11) is 2.82. The third-order valence-corrected chi connectivity index (χ3v) is 6.47. The molecule has 1 N–H and O–H groups in total. The molecule has 1 heterocycles. The van der Waals surface area contributed by atoms with Crippen LogP contribution in [0.2, 0.25) is 5.02 Å². The maximum Gasteiger partial charge on any atom is 0.416 e.